The van der Waals surface area contributed by atoms with Crippen molar-refractivity contribution in [3.05, 3.63) is 25.3 Å². The molecule has 0 saturated heterocycles. The molecule has 0 aromatic rings. The lowest BCUT2D eigenvalue weighted by molar-refractivity contribution is 0.0488. The van der Waals surface area contributed by atoms with Gasteiger partial charge < -0.3 is 65.4 Å². The summed E-state index contributed by atoms with van der Waals surface area (Å²) < 4.78 is 30.1. The van der Waals surface area contributed by atoms with E-state index in [-0.39, 0.29) is 26.4 Å². The molecule has 0 aliphatic heterocycles. The van der Waals surface area contributed by atoms with Crippen LogP contribution in [-0.4, -0.2) is 141 Å². The fourth-order valence-corrected chi connectivity index (χ4v) is 2.34. The second-order valence-electron chi connectivity index (χ2n) is 13.0. The summed E-state index contributed by atoms with van der Waals surface area (Å²) in [6.45, 7) is 28.2. The number of rotatable bonds is 19. The van der Waals surface area contributed by atoms with Crippen molar-refractivity contribution in [3.63, 3.8) is 0 Å². The van der Waals surface area contributed by atoms with Crippen LogP contribution in [0, 0.1) is 0 Å². The molecule has 8 N–H and O–H groups in total. The van der Waals surface area contributed by atoms with E-state index in [0.29, 0.717) is 72.1 Å². The van der Waals surface area contributed by atoms with Gasteiger partial charge in [0.25, 0.3) is 0 Å². The van der Waals surface area contributed by atoms with Crippen LogP contribution in [-0.2, 0) is 28.4 Å². The molecule has 0 rings (SSSR count). The van der Waals surface area contributed by atoms with Crippen LogP contribution in [0.5, 0.6) is 0 Å². The van der Waals surface area contributed by atoms with Gasteiger partial charge in [-0.1, -0.05) is 28.1 Å². The van der Waals surface area contributed by atoms with Crippen molar-refractivity contribution in [3.8, 4) is 0 Å². The first-order chi connectivity index (χ1) is 24.2. The summed E-state index contributed by atoms with van der Waals surface area (Å²) in [5.74, 6) is 0. The maximum Gasteiger partial charge on any atom is 0.407 e. The van der Waals surface area contributed by atoms with Gasteiger partial charge in [0.2, 0.25) is 0 Å². The summed E-state index contributed by atoms with van der Waals surface area (Å²) in [7, 11) is 0. The molecule has 17 heteroatoms. The number of allylic oxidation sites excluding steroid dienone is 1. The Hall–Kier alpha value is -2.51. The fourth-order valence-electron chi connectivity index (χ4n) is 2.34. The van der Waals surface area contributed by atoms with Crippen LogP contribution in [0.3, 0.4) is 0 Å². The van der Waals surface area contributed by atoms with E-state index >= 15 is 0 Å². The molecule has 0 heterocycles. The number of nitrogens with one attached hydrogen (secondary N) is 3. The normalized spacial score (nSPS) is 10.4. The van der Waals surface area contributed by atoms with E-state index in [1.807, 2.05) is 41.5 Å². The number of ether oxygens (including phenoxy) is 6. The molecule has 0 atom stereocenters. The first kappa shape index (κ1) is 58.8. The predicted molar refractivity (Wildman–Crippen MR) is 209 cm³/mol. The lowest BCUT2D eigenvalue weighted by Gasteiger charge is -2.19. The molecule has 0 aliphatic carbocycles. The molecule has 0 fully saturated rings. The van der Waals surface area contributed by atoms with Crippen molar-refractivity contribution in [2.45, 2.75) is 92.0 Å². The maximum absolute atomic E-state index is 11.1. The number of carbonyl (C=O) groups is 3. The average molecular weight is 822 g/mol. The standard InChI is InChI=1S/C10H21NO4.C10H19NO3.C7H15NO3.C5H13NO2.C3H5Br/c1-10(2,3)15-9(13)11-5-8-14-7-4-6-12;1-5-7-13-8-6-11-9(12)14-10(2,3)4;1-7(2,3)11-6(10)8-4-5-9;6-2-5-8-4-1-3-7;1-2-3-4/h12H,4-8H2,1-3H3,(H,11,13);5H,1,6-8H2,2-4H3,(H,11,12);9H,4-5H2,1-3H3,(H,8,10);7H,1-6H2;2H,1,3H2. The van der Waals surface area contributed by atoms with Gasteiger partial charge in [0.15, 0.2) is 0 Å². The van der Waals surface area contributed by atoms with Crippen molar-refractivity contribution in [1.82, 2.24) is 16.0 Å². The summed E-state index contributed by atoms with van der Waals surface area (Å²) >= 11 is 3.13. The minimum absolute atomic E-state index is 0.0702. The molecule has 52 heavy (non-hydrogen) atoms. The number of aliphatic hydroxyl groups excluding tert-OH is 3. The third kappa shape index (κ3) is 73.0. The average Bonchev–Trinajstić information content (AvgIpc) is 3.02. The Morgan fingerprint density at radius 3 is 1.23 bits per heavy atom. The van der Waals surface area contributed by atoms with Gasteiger partial charge in [0.1, 0.15) is 16.8 Å². The van der Waals surface area contributed by atoms with E-state index in [1.54, 1.807) is 32.9 Å². The Morgan fingerprint density at radius 1 is 0.596 bits per heavy atom. The Morgan fingerprint density at radius 2 is 0.942 bits per heavy atom. The molecule has 0 saturated carbocycles. The van der Waals surface area contributed by atoms with E-state index in [2.05, 4.69) is 45.0 Å². The minimum Gasteiger partial charge on any atom is -0.444 e. The van der Waals surface area contributed by atoms with Gasteiger partial charge in [-0.25, -0.2) is 14.4 Å². The molecule has 3 amide bonds. The zero-order chi connectivity index (χ0) is 41.3. The monoisotopic (exact) mass is 820 g/mol. The minimum atomic E-state index is -0.494. The van der Waals surface area contributed by atoms with Crippen molar-refractivity contribution in [2.75, 3.05) is 91.0 Å². The van der Waals surface area contributed by atoms with E-state index in [1.165, 1.54) is 0 Å². The Balaban J connectivity index is -0.000000186. The number of hydrogen-bond donors (Lipinski definition) is 7. The summed E-state index contributed by atoms with van der Waals surface area (Å²) in [5, 5.41) is 33.5. The van der Waals surface area contributed by atoms with Crippen molar-refractivity contribution < 1.29 is 58.1 Å². The topological polar surface area (TPSA) is 229 Å². The Labute approximate surface area is 321 Å². The quantitative estimate of drug-likeness (QED) is 0.0423. The lowest BCUT2D eigenvalue weighted by atomic mass is 10.2. The third-order valence-corrected chi connectivity index (χ3v) is 4.57. The zero-order valence-corrected chi connectivity index (χ0v) is 34.9. The molecule has 0 aliphatic rings. The highest BCUT2D eigenvalue weighted by Crippen LogP contribution is 2.07. The molecular weight excluding hydrogens is 748 g/mol. The Bertz CT molecular complexity index is 828. The largest absolute Gasteiger partial charge is 0.444 e. The van der Waals surface area contributed by atoms with Gasteiger partial charge in [0.05, 0.1) is 33.0 Å². The van der Waals surface area contributed by atoms with Crippen LogP contribution in [0.25, 0.3) is 0 Å². The number of hydrogen-bond acceptors (Lipinski definition) is 13. The van der Waals surface area contributed by atoms with Gasteiger partial charge in [-0.05, 0) is 75.2 Å². The highest BCUT2D eigenvalue weighted by molar-refractivity contribution is 9.09. The van der Waals surface area contributed by atoms with Crippen LogP contribution < -0.4 is 21.7 Å². The first-order valence-electron chi connectivity index (χ1n) is 17.1. The first-order valence-corrected chi connectivity index (χ1v) is 18.3. The number of aliphatic hydroxyl groups is 3. The smallest absolute Gasteiger partial charge is 0.407 e. The highest BCUT2D eigenvalue weighted by Gasteiger charge is 2.16. The van der Waals surface area contributed by atoms with E-state index in [9.17, 15) is 14.4 Å². The molecular formula is C35H73BrN4O12. The van der Waals surface area contributed by atoms with Crippen molar-refractivity contribution in [2.24, 2.45) is 5.73 Å². The van der Waals surface area contributed by atoms with Gasteiger partial charge in [-0.2, -0.15) is 0 Å². The van der Waals surface area contributed by atoms with Crippen LogP contribution in [0.2, 0.25) is 0 Å². The Kier molecular flexibility index (Phi) is 46.6. The van der Waals surface area contributed by atoms with Crippen LogP contribution in [0.4, 0.5) is 14.4 Å². The van der Waals surface area contributed by atoms with Gasteiger partial charge in [0, 0.05) is 57.9 Å². The molecule has 0 aromatic heterocycles. The summed E-state index contributed by atoms with van der Waals surface area (Å²) in [5.41, 5.74) is 3.73. The zero-order valence-electron chi connectivity index (χ0n) is 33.4. The van der Waals surface area contributed by atoms with Gasteiger partial charge >= 0.3 is 18.3 Å². The van der Waals surface area contributed by atoms with Gasteiger partial charge in [-0.3, -0.25) is 0 Å². The summed E-state index contributed by atoms with van der Waals surface area (Å²) in [4.78, 5) is 33.0. The van der Waals surface area contributed by atoms with E-state index < -0.39 is 35.1 Å². The number of amides is 3. The molecule has 0 unspecified atom stereocenters. The van der Waals surface area contributed by atoms with Crippen LogP contribution >= 0.6 is 15.9 Å². The number of carbonyl (C=O) groups excluding carboxylic acids is 3. The summed E-state index contributed by atoms with van der Waals surface area (Å²) in [6, 6.07) is 0. The molecule has 0 radical (unpaired) electrons. The molecule has 16 nitrogen and oxygen atoms in total. The lowest BCUT2D eigenvalue weighted by Crippen LogP contribution is -2.34. The second-order valence-corrected chi connectivity index (χ2v) is 13.6. The van der Waals surface area contributed by atoms with E-state index in [0.717, 1.165) is 5.33 Å². The molecule has 0 spiro atoms. The van der Waals surface area contributed by atoms with E-state index in [4.69, 9.17) is 49.5 Å². The van der Waals surface area contributed by atoms with Crippen LogP contribution in [0.15, 0.2) is 25.3 Å². The number of alkyl halides is 1. The highest BCUT2D eigenvalue weighted by atomic mass is 79.9. The summed E-state index contributed by atoms with van der Waals surface area (Å²) in [6.07, 6.45) is 3.43. The molecule has 0 aromatic carbocycles. The molecule has 312 valence electrons. The van der Waals surface area contributed by atoms with Crippen molar-refractivity contribution in [1.29, 1.82) is 0 Å². The second kappa shape index (κ2) is 41.2. The molecule has 0 bridgehead atoms. The number of alkyl carbamates (subject to hydrolysis) is 3. The predicted octanol–water partition coefficient (Wildman–Crippen LogP) is 4.04. The van der Waals surface area contributed by atoms with Gasteiger partial charge in [-0.15, -0.1) is 13.2 Å². The number of nitrogens with two attached hydrogens (primary N) is 1. The third-order valence-electron chi connectivity index (χ3n) is 4.11. The SMILES string of the molecule is C=CCBr.C=CCOCCNC(=O)OC(C)(C)C.CC(C)(C)OC(=O)NCCO.CC(C)(C)OC(=O)NCCOCCCO.NCCOCCCO. The maximum atomic E-state index is 11.1. The fraction of sp³-hybridized carbons (Fsp3) is 0.800. The van der Waals surface area contributed by atoms with Crippen molar-refractivity contribution >= 4 is 34.2 Å². The number of halogens is 1. The van der Waals surface area contributed by atoms with Crippen LogP contribution in [0.1, 0.15) is 75.2 Å².